The SMILES string of the molecule is O/N=C/c1ccc(OCc2cccc(F)c2)cc1. The molecule has 0 bridgehead atoms. The number of hydrogen-bond donors (Lipinski definition) is 1. The molecule has 0 aliphatic rings. The van der Waals surface area contributed by atoms with Crippen LogP contribution in [0.25, 0.3) is 0 Å². The van der Waals surface area contributed by atoms with Crippen molar-refractivity contribution in [2.75, 3.05) is 0 Å². The van der Waals surface area contributed by atoms with Crippen LogP contribution in [0, 0.1) is 5.82 Å². The summed E-state index contributed by atoms with van der Waals surface area (Å²) in [5, 5.41) is 11.3. The zero-order valence-electron chi connectivity index (χ0n) is 9.58. The highest BCUT2D eigenvalue weighted by atomic mass is 19.1. The van der Waals surface area contributed by atoms with Gasteiger partial charge in [-0.3, -0.25) is 0 Å². The molecule has 3 nitrogen and oxygen atoms in total. The van der Waals surface area contributed by atoms with E-state index in [4.69, 9.17) is 9.94 Å². The van der Waals surface area contributed by atoms with Crippen LogP contribution >= 0.6 is 0 Å². The zero-order valence-corrected chi connectivity index (χ0v) is 9.58. The lowest BCUT2D eigenvalue weighted by Crippen LogP contribution is -1.96. The highest BCUT2D eigenvalue weighted by molar-refractivity contribution is 5.79. The van der Waals surface area contributed by atoms with Crippen LogP contribution in [-0.4, -0.2) is 11.4 Å². The summed E-state index contributed by atoms with van der Waals surface area (Å²) in [5.41, 5.74) is 1.55. The van der Waals surface area contributed by atoms with Crippen molar-refractivity contribution >= 4 is 6.21 Å². The van der Waals surface area contributed by atoms with Crippen molar-refractivity contribution < 1.29 is 14.3 Å². The largest absolute Gasteiger partial charge is 0.489 e. The van der Waals surface area contributed by atoms with Gasteiger partial charge in [-0.25, -0.2) is 4.39 Å². The molecular formula is C14H12FNO2. The number of rotatable bonds is 4. The predicted molar refractivity (Wildman–Crippen MR) is 66.6 cm³/mol. The Morgan fingerprint density at radius 3 is 2.61 bits per heavy atom. The Hall–Kier alpha value is -2.36. The number of halogens is 1. The summed E-state index contributed by atoms with van der Waals surface area (Å²) >= 11 is 0. The van der Waals surface area contributed by atoms with E-state index in [0.717, 1.165) is 11.1 Å². The van der Waals surface area contributed by atoms with Gasteiger partial charge in [-0.15, -0.1) is 0 Å². The Labute approximate surface area is 104 Å². The molecule has 0 radical (unpaired) electrons. The molecule has 0 aliphatic carbocycles. The van der Waals surface area contributed by atoms with Gasteiger partial charge in [-0.2, -0.15) is 0 Å². The van der Waals surface area contributed by atoms with Gasteiger partial charge in [0.15, 0.2) is 0 Å². The van der Waals surface area contributed by atoms with Gasteiger partial charge in [-0.05, 0) is 47.5 Å². The van der Waals surface area contributed by atoms with Crippen LogP contribution in [0.5, 0.6) is 5.75 Å². The first kappa shape index (κ1) is 12.1. The minimum absolute atomic E-state index is 0.273. The van der Waals surface area contributed by atoms with Gasteiger partial charge < -0.3 is 9.94 Å². The van der Waals surface area contributed by atoms with Gasteiger partial charge in [-0.1, -0.05) is 17.3 Å². The molecule has 0 unspecified atom stereocenters. The molecule has 0 saturated carbocycles. The van der Waals surface area contributed by atoms with Gasteiger partial charge in [0, 0.05) is 0 Å². The van der Waals surface area contributed by atoms with Gasteiger partial charge in [0.25, 0.3) is 0 Å². The third kappa shape index (κ3) is 3.31. The second-order valence-electron chi connectivity index (χ2n) is 3.73. The van der Waals surface area contributed by atoms with Crippen LogP contribution in [0.1, 0.15) is 11.1 Å². The van der Waals surface area contributed by atoms with Gasteiger partial charge in [0.1, 0.15) is 18.2 Å². The van der Waals surface area contributed by atoms with E-state index in [9.17, 15) is 4.39 Å². The lowest BCUT2D eigenvalue weighted by Gasteiger charge is -2.06. The van der Waals surface area contributed by atoms with Crippen LogP contribution < -0.4 is 4.74 Å². The van der Waals surface area contributed by atoms with Gasteiger partial charge in [0.2, 0.25) is 0 Å². The van der Waals surface area contributed by atoms with E-state index in [1.165, 1.54) is 18.3 Å². The first-order chi connectivity index (χ1) is 8.78. The number of oxime groups is 1. The Morgan fingerprint density at radius 1 is 1.17 bits per heavy atom. The summed E-state index contributed by atoms with van der Waals surface area (Å²) in [4.78, 5) is 0. The minimum atomic E-state index is -0.273. The molecule has 0 aromatic heterocycles. The lowest BCUT2D eigenvalue weighted by atomic mass is 10.2. The highest BCUT2D eigenvalue weighted by Crippen LogP contribution is 2.14. The van der Waals surface area contributed by atoms with E-state index in [0.29, 0.717) is 12.4 Å². The fraction of sp³-hybridized carbons (Fsp3) is 0.0714. The van der Waals surface area contributed by atoms with E-state index >= 15 is 0 Å². The number of benzene rings is 2. The normalized spacial score (nSPS) is 10.7. The van der Waals surface area contributed by atoms with E-state index in [-0.39, 0.29) is 5.82 Å². The molecule has 0 saturated heterocycles. The molecule has 0 amide bonds. The molecule has 0 spiro atoms. The maximum absolute atomic E-state index is 12.9. The summed E-state index contributed by atoms with van der Waals surface area (Å²) in [6.45, 7) is 0.311. The van der Waals surface area contributed by atoms with Crippen molar-refractivity contribution in [3.8, 4) is 5.75 Å². The van der Waals surface area contributed by atoms with Crippen LogP contribution in [0.4, 0.5) is 4.39 Å². The van der Waals surface area contributed by atoms with Crippen LogP contribution in [0.2, 0.25) is 0 Å². The molecule has 0 heterocycles. The minimum Gasteiger partial charge on any atom is -0.489 e. The van der Waals surface area contributed by atoms with Crippen molar-refractivity contribution in [1.29, 1.82) is 0 Å². The van der Waals surface area contributed by atoms with E-state index in [1.807, 2.05) is 0 Å². The standard InChI is InChI=1S/C14H12FNO2/c15-13-3-1-2-12(8-13)10-18-14-6-4-11(5-7-14)9-16-17/h1-9,17H,10H2/b16-9+. The number of hydrogen-bond acceptors (Lipinski definition) is 3. The van der Waals surface area contributed by atoms with Crippen molar-refractivity contribution in [2.45, 2.75) is 6.61 Å². The third-order valence-corrected chi connectivity index (χ3v) is 2.38. The Kier molecular flexibility index (Phi) is 3.91. The molecule has 4 heteroatoms. The smallest absolute Gasteiger partial charge is 0.123 e. The summed E-state index contributed by atoms with van der Waals surface area (Å²) in [5.74, 6) is 0.403. The zero-order chi connectivity index (χ0) is 12.8. The fourth-order valence-electron chi connectivity index (χ4n) is 1.51. The number of ether oxygens (including phenoxy) is 1. The van der Waals surface area contributed by atoms with E-state index in [2.05, 4.69) is 5.16 Å². The topological polar surface area (TPSA) is 41.8 Å². The average Bonchev–Trinajstić information content (AvgIpc) is 2.38. The molecule has 0 aliphatic heterocycles. The van der Waals surface area contributed by atoms with Crippen LogP contribution in [0.15, 0.2) is 53.7 Å². The first-order valence-corrected chi connectivity index (χ1v) is 5.42. The van der Waals surface area contributed by atoms with Gasteiger partial charge in [0.05, 0.1) is 6.21 Å². The maximum Gasteiger partial charge on any atom is 0.123 e. The second kappa shape index (κ2) is 5.82. The van der Waals surface area contributed by atoms with Crippen molar-refractivity contribution in [3.63, 3.8) is 0 Å². The van der Waals surface area contributed by atoms with Crippen molar-refractivity contribution in [2.24, 2.45) is 5.16 Å². The molecule has 18 heavy (non-hydrogen) atoms. The highest BCUT2D eigenvalue weighted by Gasteiger charge is 1.98. The average molecular weight is 245 g/mol. The molecule has 2 aromatic carbocycles. The fourth-order valence-corrected chi connectivity index (χ4v) is 1.51. The molecule has 2 rings (SSSR count). The maximum atomic E-state index is 12.9. The van der Waals surface area contributed by atoms with Crippen LogP contribution in [-0.2, 0) is 6.61 Å². The molecule has 92 valence electrons. The Balaban J connectivity index is 1.98. The second-order valence-corrected chi connectivity index (χ2v) is 3.73. The Bertz CT molecular complexity index is 538. The summed E-state index contributed by atoms with van der Waals surface area (Å²) in [7, 11) is 0. The molecule has 1 N–H and O–H groups in total. The third-order valence-electron chi connectivity index (χ3n) is 2.38. The first-order valence-electron chi connectivity index (χ1n) is 5.42. The van der Waals surface area contributed by atoms with Crippen molar-refractivity contribution in [3.05, 3.63) is 65.5 Å². The summed E-state index contributed by atoms with van der Waals surface area (Å²) in [6.07, 6.45) is 1.33. The molecular weight excluding hydrogens is 233 g/mol. The van der Waals surface area contributed by atoms with Crippen molar-refractivity contribution in [1.82, 2.24) is 0 Å². The quantitative estimate of drug-likeness (QED) is 0.510. The van der Waals surface area contributed by atoms with Crippen LogP contribution in [0.3, 0.4) is 0 Å². The lowest BCUT2D eigenvalue weighted by molar-refractivity contribution is 0.305. The molecule has 0 atom stereocenters. The monoisotopic (exact) mass is 245 g/mol. The predicted octanol–water partition coefficient (Wildman–Crippen LogP) is 3.21. The van der Waals surface area contributed by atoms with E-state index < -0.39 is 0 Å². The van der Waals surface area contributed by atoms with E-state index in [1.54, 1.807) is 36.4 Å². The molecule has 0 fully saturated rings. The molecule has 2 aromatic rings. The summed E-state index contributed by atoms with van der Waals surface area (Å²) in [6, 6.07) is 13.3. The summed E-state index contributed by atoms with van der Waals surface area (Å²) < 4.78 is 18.4. The van der Waals surface area contributed by atoms with Gasteiger partial charge >= 0.3 is 0 Å². The Morgan fingerprint density at radius 2 is 1.94 bits per heavy atom. The number of nitrogens with zero attached hydrogens (tertiary/aromatic N) is 1.